The van der Waals surface area contributed by atoms with E-state index in [0.29, 0.717) is 0 Å². The van der Waals surface area contributed by atoms with Crippen LogP contribution in [-0.2, 0) is 0 Å². The van der Waals surface area contributed by atoms with E-state index in [0.717, 1.165) is 18.2 Å². The largest absolute Gasteiger partial charge is 0.507 e. The van der Waals surface area contributed by atoms with Crippen molar-refractivity contribution in [2.75, 3.05) is 0 Å². The maximum atomic E-state index is 13.8. The smallest absolute Gasteiger partial charge is 0.202 e. The maximum Gasteiger partial charge on any atom is 0.202 e. The van der Waals surface area contributed by atoms with E-state index in [2.05, 4.69) is 0 Å². The molecule has 2 aliphatic carbocycles. The molecule has 0 saturated carbocycles. The zero-order chi connectivity index (χ0) is 28.9. The number of hydrogen-bond acceptors (Lipinski definition) is 10. The van der Waals surface area contributed by atoms with Gasteiger partial charge in [0.15, 0.2) is 34.6 Å². The van der Waals surface area contributed by atoms with E-state index in [1.807, 2.05) is 0 Å². The molecule has 0 amide bonds. The van der Waals surface area contributed by atoms with Crippen molar-refractivity contribution in [3.05, 3.63) is 92.0 Å². The van der Waals surface area contributed by atoms with Crippen molar-refractivity contribution in [1.29, 1.82) is 0 Å². The van der Waals surface area contributed by atoms with Crippen molar-refractivity contribution in [1.82, 2.24) is 0 Å². The topological polar surface area (TPSA) is 190 Å². The third-order valence-electron chi connectivity index (χ3n) is 7.43. The molecular weight excluding hydrogens is 520 g/mol. The summed E-state index contributed by atoms with van der Waals surface area (Å²) in [6.07, 6.45) is 0. The predicted octanol–water partition coefficient (Wildman–Crippen LogP) is 3.75. The highest BCUT2D eigenvalue weighted by Gasteiger charge is 2.41. The van der Waals surface area contributed by atoms with Crippen molar-refractivity contribution in [3.8, 4) is 45.6 Å². The van der Waals surface area contributed by atoms with Crippen molar-refractivity contribution < 1.29 is 49.8 Å². The van der Waals surface area contributed by atoms with Crippen molar-refractivity contribution >= 4 is 23.1 Å². The predicted molar refractivity (Wildman–Crippen MR) is 138 cm³/mol. The van der Waals surface area contributed by atoms with Crippen LogP contribution in [0.1, 0.15) is 74.8 Å². The Bertz CT molecular complexity index is 1950. The number of phenols is 6. The molecule has 2 aliphatic rings. The third kappa shape index (κ3) is 2.92. The maximum absolute atomic E-state index is 13.8. The molecule has 198 valence electrons. The minimum Gasteiger partial charge on any atom is -0.507 e. The highest BCUT2D eigenvalue weighted by atomic mass is 16.3. The van der Waals surface area contributed by atoms with Crippen LogP contribution < -0.4 is 0 Å². The van der Waals surface area contributed by atoms with E-state index >= 15 is 0 Å². The molecule has 6 rings (SSSR count). The Morgan fingerprint density at radius 2 is 0.875 bits per heavy atom. The summed E-state index contributed by atoms with van der Waals surface area (Å²) in [7, 11) is 0. The highest BCUT2D eigenvalue weighted by Crippen LogP contribution is 2.50. The summed E-state index contributed by atoms with van der Waals surface area (Å²) in [4.78, 5) is 54.0. The van der Waals surface area contributed by atoms with Crippen LogP contribution in [0, 0.1) is 13.8 Å². The summed E-state index contributed by atoms with van der Waals surface area (Å²) in [6.45, 7) is 3.02. The minimum absolute atomic E-state index is 0.00617. The van der Waals surface area contributed by atoms with E-state index in [9.17, 15) is 49.8 Å². The number of fused-ring (bicyclic) bond motifs is 4. The SMILES string of the molecule is Cc1cc2c(c(O)c1-c1c(C)cc(O)c3c1C(=O)c1ccc(O)c(O)c1C3=O)C(=O)c1c(ccc(O)c1O)C2=O. The first-order valence-electron chi connectivity index (χ1n) is 11.9. The van der Waals surface area contributed by atoms with Crippen LogP contribution in [0.15, 0.2) is 36.4 Å². The number of carbonyl (C=O) groups excluding carboxylic acids is 4. The van der Waals surface area contributed by atoms with E-state index in [4.69, 9.17) is 0 Å². The van der Waals surface area contributed by atoms with Crippen LogP contribution in [0.4, 0.5) is 0 Å². The first kappa shape index (κ1) is 24.7. The number of benzene rings is 4. The first-order valence-corrected chi connectivity index (χ1v) is 11.9. The molecule has 0 saturated heterocycles. The molecule has 10 heteroatoms. The molecule has 0 aromatic heterocycles. The average Bonchev–Trinajstić information content (AvgIpc) is 2.89. The van der Waals surface area contributed by atoms with Crippen LogP contribution in [0.3, 0.4) is 0 Å². The van der Waals surface area contributed by atoms with Gasteiger partial charge in [-0.25, -0.2) is 0 Å². The van der Waals surface area contributed by atoms with Gasteiger partial charge in [-0.1, -0.05) is 0 Å². The van der Waals surface area contributed by atoms with E-state index < -0.39 is 79.9 Å². The van der Waals surface area contributed by atoms with Crippen molar-refractivity contribution in [2.24, 2.45) is 0 Å². The fraction of sp³-hybridized carbons (Fsp3) is 0.0667. The van der Waals surface area contributed by atoms with Crippen molar-refractivity contribution in [3.63, 3.8) is 0 Å². The molecule has 40 heavy (non-hydrogen) atoms. The molecule has 4 aromatic rings. The molecule has 0 fully saturated rings. The Balaban J connectivity index is 1.68. The second-order valence-electron chi connectivity index (χ2n) is 9.71. The fourth-order valence-corrected chi connectivity index (χ4v) is 5.63. The Morgan fingerprint density at radius 1 is 0.400 bits per heavy atom. The molecular formula is C30H18O10. The molecule has 0 aliphatic heterocycles. The summed E-state index contributed by atoms with van der Waals surface area (Å²) in [5.41, 5.74) is -2.45. The van der Waals surface area contributed by atoms with Gasteiger partial charge in [-0.05, 0) is 61.4 Å². The Labute approximate surface area is 224 Å². The van der Waals surface area contributed by atoms with Gasteiger partial charge in [0.05, 0.1) is 22.3 Å². The lowest BCUT2D eigenvalue weighted by Gasteiger charge is -2.26. The summed E-state index contributed by atoms with van der Waals surface area (Å²) < 4.78 is 0. The number of aryl methyl sites for hydroxylation is 2. The molecule has 0 atom stereocenters. The summed E-state index contributed by atoms with van der Waals surface area (Å²) >= 11 is 0. The Morgan fingerprint density at radius 3 is 1.45 bits per heavy atom. The number of hydrogen-bond donors (Lipinski definition) is 6. The summed E-state index contributed by atoms with van der Waals surface area (Å²) in [5, 5.41) is 62.8. The van der Waals surface area contributed by atoms with Gasteiger partial charge in [0.2, 0.25) is 11.6 Å². The standard InChI is InChI=1S/C30H18O10/c1-9-7-13-21(29(39)19-11(24(13)34)3-5-14(31)26(19)36)28(38)18(9)17-10(2)8-16(33)22-23(17)25(35)12-4-6-15(32)27(37)20(12)30(22)40/h3-8,31-33,36-38H,1-2H3. The quantitative estimate of drug-likeness (QED) is 0.168. The molecule has 10 nitrogen and oxygen atoms in total. The molecule has 6 N–H and O–H groups in total. The van der Waals surface area contributed by atoms with Crippen LogP contribution in [0.5, 0.6) is 34.5 Å². The molecule has 4 aromatic carbocycles. The van der Waals surface area contributed by atoms with Gasteiger partial charge in [-0.2, -0.15) is 0 Å². The normalized spacial score (nSPS) is 13.6. The van der Waals surface area contributed by atoms with Crippen LogP contribution in [0.2, 0.25) is 0 Å². The summed E-state index contributed by atoms with van der Waals surface area (Å²) in [6, 6.07) is 6.94. The van der Waals surface area contributed by atoms with E-state index in [-0.39, 0.29) is 44.5 Å². The number of ketones is 4. The van der Waals surface area contributed by atoms with E-state index in [1.54, 1.807) is 0 Å². The Hall–Kier alpha value is -5.64. The van der Waals surface area contributed by atoms with Crippen LogP contribution in [0.25, 0.3) is 11.1 Å². The number of carbonyl (C=O) groups is 4. The van der Waals surface area contributed by atoms with E-state index in [1.165, 1.54) is 32.0 Å². The number of aromatic hydroxyl groups is 6. The zero-order valence-corrected chi connectivity index (χ0v) is 20.8. The first-order chi connectivity index (χ1) is 18.9. The molecule has 0 unspecified atom stereocenters. The zero-order valence-electron chi connectivity index (χ0n) is 20.8. The van der Waals surface area contributed by atoms with Crippen LogP contribution >= 0.6 is 0 Å². The fourth-order valence-electron chi connectivity index (χ4n) is 5.63. The Kier molecular flexibility index (Phi) is 4.90. The molecule has 0 heterocycles. The molecule has 0 bridgehead atoms. The molecule has 0 spiro atoms. The average molecular weight is 538 g/mol. The highest BCUT2D eigenvalue weighted by molar-refractivity contribution is 6.34. The lowest BCUT2D eigenvalue weighted by molar-refractivity contribution is 0.0973. The lowest BCUT2D eigenvalue weighted by atomic mass is 9.75. The van der Waals surface area contributed by atoms with Crippen molar-refractivity contribution in [2.45, 2.75) is 13.8 Å². The van der Waals surface area contributed by atoms with Gasteiger partial charge in [0.1, 0.15) is 11.5 Å². The van der Waals surface area contributed by atoms with Gasteiger partial charge in [-0.3, -0.25) is 19.2 Å². The monoisotopic (exact) mass is 538 g/mol. The second-order valence-corrected chi connectivity index (χ2v) is 9.71. The van der Waals surface area contributed by atoms with Gasteiger partial charge in [0, 0.05) is 33.4 Å². The third-order valence-corrected chi connectivity index (χ3v) is 7.43. The van der Waals surface area contributed by atoms with Gasteiger partial charge in [0.25, 0.3) is 0 Å². The number of phenolic OH excluding ortho intramolecular Hbond substituents is 6. The minimum atomic E-state index is -0.951. The molecule has 0 radical (unpaired) electrons. The summed E-state index contributed by atoms with van der Waals surface area (Å²) in [5.74, 6) is -7.64. The second kappa shape index (κ2) is 7.93. The van der Waals surface area contributed by atoms with Gasteiger partial charge >= 0.3 is 0 Å². The van der Waals surface area contributed by atoms with Gasteiger partial charge in [-0.15, -0.1) is 0 Å². The van der Waals surface area contributed by atoms with Gasteiger partial charge < -0.3 is 30.6 Å². The number of rotatable bonds is 1. The lowest BCUT2D eigenvalue weighted by Crippen LogP contribution is -2.24. The van der Waals surface area contributed by atoms with Crippen LogP contribution in [-0.4, -0.2) is 53.8 Å².